The minimum Gasteiger partial charge on any atom is -0.364 e. The molecule has 0 aliphatic rings. The highest BCUT2D eigenvalue weighted by molar-refractivity contribution is 9.10. The highest BCUT2D eigenvalue weighted by Crippen LogP contribution is 2.25. The van der Waals surface area contributed by atoms with Crippen LogP contribution in [0.4, 0.5) is 11.8 Å². The van der Waals surface area contributed by atoms with E-state index in [9.17, 15) is 0 Å². The third-order valence-corrected chi connectivity index (χ3v) is 4.57. The lowest BCUT2D eigenvalue weighted by Crippen LogP contribution is -2.04. The zero-order chi connectivity index (χ0) is 13.2. The van der Waals surface area contributed by atoms with Gasteiger partial charge in [-0.3, -0.25) is 5.10 Å². The van der Waals surface area contributed by atoms with Gasteiger partial charge in [0.15, 0.2) is 5.65 Å². The van der Waals surface area contributed by atoms with Crippen molar-refractivity contribution < 1.29 is 0 Å². The molecule has 3 rings (SSSR count). The maximum absolute atomic E-state index is 4.42. The Morgan fingerprint density at radius 3 is 3.05 bits per heavy atom. The van der Waals surface area contributed by atoms with Gasteiger partial charge in [-0.1, -0.05) is 0 Å². The molecule has 0 atom stereocenters. The van der Waals surface area contributed by atoms with Crippen molar-refractivity contribution in [3.8, 4) is 0 Å². The van der Waals surface area contributed by atoms with Gasteiger partial charge in [0.05, 0.1) is 18.1 Å². The van der Waals surface area contributed by atoms with Crippen LogP contribution in [0.3, 0.4) is 0 Å². The third-order valence-electron chi connectivity index (χ3n) is 2.64. The Bertz CT molecular complexity index is 706. The van der Waals surface area contributed by atoms with E-state index in [4.69, 9.17) is 0 Å². The molecule has 0 spiro atoms. The van der Waals surface area contributed by atoms with E-state index in [-0.39, 0.29) is 0 Å². The molecule has 8 heteroatoms. The number of nitrogens with one attached hydrogen (secondary N) is 3. The first-order valence-electron chi connectivity index (χ1n) is 5.62. The topological polar surface area (TPSA) is 78.5 Å². The molecule has 0 unspecified atom stereocenters. The molecule has 0 bridgehead atoms. The summed E-state index contributed by atoms with van der Waals surface area (Å²) in [6, 6.07) is 2.04. The lowest BCUT2D eigenvalue weighted by atomic mass is 10.4. The van der Waals surface area contributed by atoms with E-state index in [0.717, 1.165) is 15.7 Å². The molecule has 19 heavy (non-hydrogen) atoms. The molecule has 0 saturated carbocycles. The molecular weight excluding hydrogens is 328 g/mol. The molecule has 0 aliphatic carbocycles. The van der Waals surface area contributed by atoms with Crippen LogP contribution in [-0.2, 0) is 6.54 Å². The number of aromatic amines is 1. The van der Waals surface area contributed by atoms with Crippen LogP contribution in [0, 0.1) is 0 Å². The summed E-state index contributed by atoms with van der Waals surface area (Å²) in [6.45, 7) is 0.707. The molecule has 0 radical (unpaired) electrons. The van der Waals surface area contributed by atoms with Gasteiger partial charge in [-0.15, -0.1) is 11.3 Å². The molecule has 3 aromatic heterocycles. The molecule has 98 valence electrons. The van der Waals surface area contributed by atoms with Crippen LogP contribution >= 0.6 is 27.3 Å². The van der Waals surface area contributed by atoms with E-state index in [2.05, 4.69) is 46.7 Å². The fourth-order valence-electron chi connectivity index (χ4n) is 1.70. The second-order valence-electron chi connectivity index (χ2n) is 3.82. The minimum absolute atomic E-state index is 0.560. The molecule has 3 aromatic rings. The van der Waals surface area contributed by atoms with E-state index in [1.165, 1.54) is 4.88 Å². The Hall–Kier alpha value is -1.67. The Morgan fingerprint density at radius 1 is 1.42 bits per heavy atom. The highest BCUT2D eigenvalue weighted by atomic mass is 79.9. The van der Waals surface area contributed by atoms with Crippen molar-refractivity contribution in [2.24, 2.45) is 0 Å². The summed E-state index contributed by atoms with van der Waals surface area (Å²) in [5.41, 5.74) is 0.715. The standard InChI is InChI=1S/C11H11BrN6S/c1-13-11-16-9(6-4-15-18-10(6)17-11)14-5-8-7(12)2-3-19-8/h2-4H,5H2,1H3,(H3,13,14,15,16,17,18). The summed E-state index contributed by atoms with van der Waals surface area (Å²) in [4.78, 5) is 9.93. The Kier molecular flexibility index (Phi) is 3.34. The number of hydrogen-bond donors (Lipinski definition) is 3. The van der Waals surface area contributed by atoms with Crippen LogP contribution in [-0.4, -0.2) is 27.2 Å². The average Bonchev–Trinajstić information content (AvgIpc) is 3.04. The summed E-state index contributed by atoms with van der Waals surface area (Å²) in [6.07, 6.45) is 1.72. The van der Waals surface area contributed by atoms with Crippen LogP contribution in [0.25, 0.3) is 11.0 Å². The first-order valence-corrected chi connectivity index (χ1v) is 7.30. The van der Waals surface area contributed by atoms with Gasteiger partial charge in [0, 0.05) is 16.4 Å². The van der Waals surface area contributed by atoms with Gasteiger partial charge in [0.25, 0.3) is 0 Å². The van der Waals surface area contributed by atoms with Crippen molar-refractivity contribution in [2.45, 2.75) is 6.54 Å². The highest BCUT2D eigenvalue weighted by Gasteiger charge is 2.09. The van der Waals surface area contributed by atoms with Crippen LogP contribution in [0.5, 0.6) is 0 Å². The smallest absolute Gasteiger partial charge is 0.226 e. The van der Waals surface area contributed by atoms with Crippen molar-refractivity contribution in [2.75, 3.05) is 17.7 Å². The maximum atomic E-state index is 4.42. The first-order chi connectivity index (χ1) is 9.28. The number of halogens is 1. The normalized spacial score (nSPS) is 10.8. The summed E-state index contributed by atoms with van der Waals surface area (Å²) < 4.78 is 1.11. The van der Waals surface area contributed by atoms with Crippen molar-refractivity contribution >= 4 is 50.1 Å². The number of nitrogens with zero attached hydrogens (tertiary/aromatic N) is 3. The van der Waals surface area contributed by atoms with Crippen molar-refractivity contribution in [1.29, 1.82) is 0 Å². The summed E-state index contributed by atoms with van der Waals surface area (Å²) in [5, 5.41) is 16.0. The van der Waals surface area contributed by atoms with Crippen molar-refractivity contribution in [1.82, 2.24) is 20.2 Å². The van der Waals surface area contributed by atoms with Gasteiger partial charge in [-0.2, -0.15) is 15.1 Å². The van der Waals surface area contributed by atoms with Gasteiger partial charge >= 0.3 is 0 Å². The van der Waals surface area contributed by atoms with E-state index in [1.807, 2.05) is 11.4 Å². The van der Waals surface area contributed by atoms with Crippen LogP contribution < -0.4 is 10.6 Å². The molecular formula is C11H11BrN6S. The number of aromatic nitrogens is 4. The monoisotopic (exact) mass is 338 g/mol. The lowest BCUT2D eigenvalue weighted by molar-refractivity contribution is 1.08. The first kappa shape index (κ1) is 12.4. The molecule has 3 N–H and O–H groups in total. The van der Waals surface area contributed by atoms with Gasteiger partial charge in [0.1, 0.15) is 5.82 Å². The second kappa shape index (κ2) is 5.14. The number of fused-ring (bicyclic) bond motifs is 1. The molecule has 0 amide bonds. The SMILES string of the molecule is CNc1nc(NCc2sccc2Br)c2cn[nH]c2n1. The minimum atomic E-state index is 0.560. The predicted octanol–water partition coefficient (Wildman–Crippen LogP) is 2.83. The predicted molar refractivity (Wildman–Crippen MR) is 80.6 cm³/mol. The molecule has 3 heterocycles. The fraction of sp³-hybridized carbons (Fsp3) is 0.182. The van der Waals surface area contributed by atoms with Gasteiger partial charge in [-0.05, 0) is 27.4 Å². The van der Waals surface area contributed by atoms with Gasteiger partial charge in [0.2, 0.25) is 5.95 Å². The lowest BCUT2D eigenvalue weighted by Gasteiger charge is -2.07. The van der Waals surface area contributed by atoms with E-state index >= 15 is 0 Å². The molecule has 0 aliphatic heterocycles. The van der Waals surface area contributed by atoms with Crippen LogP contribution in [0.15, 0.2) is 22.1 Å². The number of hydrogen-bond acceptors (Lipinski definition) is 6. The number of anilines is 2. The number of rotatable bonds is 4. The average molecular weight is 339 g/mol. The molecule has 0 fully saturated rings. The third kappa shape index (κ3) is 2.41. The van der Waals surface area contributed by atoms with Gasteiger partial charge < -0.3 is 10.6 Å². The van der Waals surface area contributed by atoms with Crippen LogP contribution in [0.1, 0.15) is 4.88 Å². The zero-order valence-electron chi connectivity index (χ0n) is 10.1. The molecule has 0 saturated heterocycles. The maximum Gasteiger partial charge on any atom is 0.226 e. The van der Waals surface area contributed by atoms with Crippen molar-refractivity contribution in [3.63, 3.8) is 0 Å². The van der Waals surface area contributed by atoms with Crippen molar-refractivity contribution in [3.05, 3.63) is 27.0 Å². The quantitative estimate of drug-likeness (QED) is 0.681. The van der Waals surface area contributed by atoms with E-state index in [1.54, 1.807) is 24.6 Å². The van der Waals surface area contributed by atoms with Crippen LogP contribution in [0.2, 0.25) is 0 Å². The Balaban J connectivity index is 1.91. The van der Waals surface area contributed by atoms with E-state index in [0.29, 0.717) is 18.1 Å². The number of thiophene rings is 1. The Morgan fingerprint density at radius 2 is 2.32 bits per heavy atom. The summed E-state index contributed by atoms with van der Waals surface area (Å²) in [7, 11) is 1.79. The summed E-state index contributed by atoms with van der Waals surface area (Å²) >= 11 is 5.21. The molecule has 0 aromatic carbocycles. The fourth-order valence-corrected chi connectivity index (χ4v) is 3.13. The second-order valence-corrected chi connectivity index (χ2v) is 5.68. The summed E-state index contributed by atoms with van der Waals surface area (Å²) in [5.74, 6) is 1.33. The number of H-pyrrole nitrogens is 1. The van der Waals surface area contributed by atoms with Gasteiger partial charge in [-0.25, -0.2) is 0 Å². The zero-order valence-corrected chi connectivity index (χ0v) is 12.5. The van der Waals surface area contributed by atoms with E-state index < -0.39 is 0 Å². The largest absolute Gasteiger partial charge is 0.364 e. The Labute approximate surface area is 121 Å². The molecule has 6 nitrogen and oxygen atoms in total.